The number of nitrogens with one attached hydrogen (secondary N) is 1. The molecule has 106 valence electrons. The summed E-state index contributed by atoms with van der Waals surface area (Å²) in [6, 6.07) is 0.595. The molecular weight excluding hydrogens is 258 g/mol. The van der Waals surface area contributed by atoms with E-state index in [1.54, 1.807) is 11.3 Å². The van der Waals surface area contributed by atoms with Gasteiger partial charge in [0.05, 0.1) is 10.7 Å². The number of hydrogen-bond acceptors (Lipinski definition) is 4. The zero-order valence-corrected chi connectivity index (χ0v) is 13.0. The first-order chi connectivity index (χ1) is 8.97. The van der Waals surface area contributed by atoms with Gasteiger partial charge in [-0.15, -0.1) is 11.3 Å². The molecule has 1 fully saturated rings. The molecule has 1 N–H and O–H groups in total. The van der Waals surface area contributed by atoms with Crippen molar-refractivity contribution in [1.29, 1.82) is 0 Å². The number of nitrogens with zero attached hydrogens (tertiary/aromatic N) is 2. The number of likely N-dealkylation sites (tertiary alicyclic amines) is 1. The van der Waals surface area contributed by atoms with E-state index in [-0.39, 0.29) is 0 Å². The first-order valence-corrected chi connectivity index (χ1v) is 7.76. The number of aryl methyl sites for hydroxylation is 2. The van der Waals surface area contributed by atoms with Gasteiger partial charge in [0, 0.05) is 36.5 Å². The van der Waals surface area contributed by atoms with Crippen LogP contribution >= 0.6 is 11.3 Å². The van der Waals surface area contributed by atoms with Crippen LogP contribution in [0.25, 0.3) is 0 Å². The molecule has 2 unspecified atom stereocenters. The van der Waals surface area contributed by atoms with Gasteiger partial charge in [-0.3, -0.25) is 4.79 Å². The summed E-state index contributed by atoms with van der Waals surface area (Å²) < 4.78 is 0. The molecule has 0 saturated carbocycles. The molecule has 1 saturated heterocycles. The highest BCUT2D eigenvalue weighted by atomic mass is 32.1. The predicted molar refractivity (Wildman–Crippen MR) is 78.4 cm³/mol. The Morgan fingerprint density at radius 2 is 2.16 bits per heavy atom. The number of rotatable bonds is 5. The fraction of sp³-hybridized carbons (Fsp3) is 0.714. The van der Waals surface area contributed by atoms with Crippen molar-refractivity contribution in [2.45, 2.75) is 52.6 Å². The number of carbonyl (C=O) groups is 1. The number of amides is 1. The standard InChI is InChI=1S/C14H23N3OS/c1-9(8-17-7-5-6-13(17)18)15-10(2)14-11(3)16-12(4)19-14/h9-10,15H,5-8H2,1-4H3. The third-order valence-corrected chi connectivity index (χ3v) is 4.79. The van der Waals surface area contributed by atoms with Crippen molar-refractivity contribution in [1.82, 2.24) is 15.2 Å². The maximum atomic E-state index is 11.6. The minimum Gasteiger partial charge on any atom is -0.341 e. The second-order valence-electron chi connectivity index (χ2n) is 5.42. The summed E-state index contributed by atoms with van der Waals surface area (Å²) in [6.07, 6.45) is 1.73. The van der Waals surface area contributed by atoms with Gasteiger partial charge < -0.3 is 10.2 Å². The quantitative estimate of drug-likeness (QED) is 0.901. The number of thiazole rings is 1. The lowest BCUT2D eigenvalue weighted by Crippen LogP contribution is -2.40. The summed E-state index contributed by atoms with van der Waals surface area (Å²) in [4.78, 5) is 19.4. The van der Waals surface area contributed by atoms with E-state index in [1.165, 1.54) is 4.88 Å². The Labute approximate surface area is 119 Å². The fourth-order valence-corrected chi connectivity index (χ4v) is 3.67. The van der Waals surface area contributed by atoms with Crippen molar-refractivity contribution >= 4 is 17.2 Å². The Kier molecular flexibility index (Phi) is 4.58. The topological polar surface area (TPSA) is 45.2 Å². The highest BCUT2D eigenvalue weighted by molar-refractivity contribution is 7.11. The monoisotopic (exact) mass is 281 g/mol. The van der Waals surface area contributed by atoms with E-state index in [2.05, 4.69) is 31.1 Å². The van der Waals surface area contributed by atoms with Crippen molar-refractivity contribution in [2.24, 2.45) is 0 Å². The Morgan fingerprint density at radius 3 is 2.68 bits per heavy atom. The van der Waals surface area contributed by atoms with Crippen LogP contribution in [0.15, 0.2) is 0 Å². The molecule has 1 aromatic heterocycles. The van der Waals surface area contributed by atoms with Gasteiger partial charge in [-0.2, -0.15) is 0 Å². The normalized spacial score (nSPS) is 18.9. The van der Waals surface area contributed by atoms with Gasteiger partial charge in [-0.05, 0) is 34.1 Å². The number of carbonyl (C=O) groups excluding carboxylic acids is 1. The van der Waals surface area contributed by atoms with E-state index in [9.17, 15) is 4.79 Å². The second-order valence-corrected chi connectivity index (χ2v) is 6.65. The summed E-state index contributed by atoms with van der Waals surface area (Å²) in [5.41, 5.74) is 1.12. The van der Waals surface area contributed by atoms with Gasteiger partial charge in [0.1, 0.15) is 0 Å². The molecule has 4 nitrogen and oxygen atoms in total. The lowest BCUT2D eigenvalue weighted by molar-refractivity contribution is -0.127. The van der Waals surface area contributed by atoms with Crippen LogP contribution in [-0.4, -0.2) is 34.9 Å². The molecule has 2 rings (SSSR count). The smallest absolute Gasteiger partial charge is 0.222 e. The number of hydrogen-bond donors (Lipinski definition) is 1. The first kappa shape index (κ1) is 14.5. The molecule has 5 heteroatoms. The molecule has 19 heavy (non-hydrogen) atoms. The zero-order valence-electron chi connectivity index (χ0n) is 12.2. The van der Waals surface area contributed by atoms with Crippen LogP contribution in [0.1, 0.15) is 48.3 Å². The Balaban J connectivity index is 1.89. The first-order valence-electron chi connectivity index (χ1n) is 6.95. The molecule has 2 atom stereocenters. The van der Waals surface area contributed by atoms with E-state index < -0.39 is 0 Å². The highest BCUT2D eigenvalue weighted by Crippen LogP contribution is 2.24. The molecule has 2 heterocycles. The van der Waals surface area contributed by atoms with E-state index in [0.717, 1.165) is 36.6 Å². The minimum atomic E-state index is 0.291. The Morgan fingerprint density at radius 1 is 1.42 bits per heavy atom. The van der Waals surface area contributed by atoms with Crippen molar-refractivity contribution in [3.63, 3.8) is 0 Å². The third-order valence-electron chi connectivity index (χ3n) is 3.53. The van der Waals surface area contributed by atoms with E-state index in [0.29, 0.717) is 18.0 Å². The van der Waals surface area contributed by atoms with Gasteiger partial charge >= 0.3 is 0 Å². The summed E-state index contributed by atoms with van der Waals surface area (Å²) in [5, 5.41) is 4.69. The lowest BCUT2D eigenvalue weighted by Gasteiger charge is -2.24. The highest BCUT2D eigenvalue weighted by Gasteiger charge is 2.23. The van der Waals surface area contributed by atoms with Gasteiger partial charge in [-0.1, -0.05) is 0 Å². The molecule has 0 spiro atoms. The average Bonchev–Trinajstić information content (AvgIpc) is 2.85. The van der Waals surface area contributed by atoms with Crippen LogP contribution in [0.3, 0.4) is 0 Å². The van der Waals surface area contributed by atoms with Crippen LogP contribution < -0.4 is 5.32 Å². The largest absolute Gasteiger partial charge is 0.341 e. The molecule has 1 aliphatic rings. The number of aromatic nitrogens is 1. The van der Waals surface area contributed by atoms with Crippen molar-refractivity contribution in [3.05, 3.63) is 15.6 Å². The summed E-state index contributed by atoms with van der Waals surface area (Å²) in [6.45, 7) is 10.1. The fourth-order valence-electron chi connectivity index (χ4n) is 2.73. The lowest BCUT2D eigenvalue weighted by atomic mass is 10.2. The third kappa shape index (κ3) is 3.54. The van der Waals surface area contributed by atoms with Gasteiger partial charge in [0.15, 0.2) is 0 Å². The molecule has 0 radical (unpaired) electrons. The molecule has 1 amide bonds. The van der Waals surface area contributed by atoms with Crippen LogP contribution in [0.5, 0.6) is 0 Å². The average molecular weight is 281 g/mol. The van der Waals surface area contributed by atoms with Gasteiger partial charge in [0.25, 0.3) is 0 Å². The molecule has 1 aromatic rings. The van der Waals surface area contributed by atoms with E-state index in [4.69, 9.17) is 0 Å². The molecule has 1 aliphatic heterocycles. The SMILES string of the molecule is Cc1nc(C)c(C(C)NC(C)CN2CCCC2=O)s1. The zero-order chi connectivity index (χ0) is 14.0. The summed E-state index contributed by atoms with van der Waals surface area (Å²) >= 11 is 1.75. The maximum absolute atomic E-state index is 11.6. The summed E-state index contributed by atoms with van der Waals surface area (Å²) in [5.74, 6) is 0.297. The van der Waals surface area contributed by atoms with Gasteiger partial charge in [-0.25, -0.2) is 4.98 Å². The molecule has 0 bridgehead atoms. The van der Waals surface area contributed by atoms with E-state index >= 15 is 0 Å². The molecule has 0 aliphatic carbocycles. The molecular formula is C14H23N3OS. The predicted octanol–water partition coefficient (Wildman–Crippen LogP) is 2.42. The van der Waals surface area contributed by atoms with E-state index in [1.807, 2.05) is 11.8 Å². The van der Waals surface area contributed by atoms with Crippen LogP contribution in [-0.2, 0) is 4.79 Å². The van der Waals surface area contributed by atoms with Gasteiger partial charge in [0.2, 0.25) is 5.91 Å². The summed E-state index contributed by atoms with van der Waals surface area (Å²) in [7, 11) is 0. The molecule has 0 aromatic carbocycles. The van der Waals surface area contributed by atoms with Crippen molar-refractivity contribution in [2.75, 3.05) is 13.1 Å². The van der Waals surface area contributed by atoms with Crippen molar-refractivity contribution in [3.8, 4) is 0 Å². The Hall–Kier alpha value is -0.940. The maximum Gasteiger partial charge on any atom is 0.222 e. The second kappa shape index (κ2) is 6.01. The van der Waals surface area contributed by atoms with Crippen LogP contribution in [0.4, 0.5) is 0 Å². The van der Waals surface area contributed by atoms with Crippen LogP contribution in [0, 0.1) is 13.8 Å². The van der Waals surface area contributed by atoms with Crippen LogP contribution in [0.2, 0.25) is 0 Å². The minimum absolute atomic E-state index is 0.291. The van der Waals surface area contributed by atoms with Crippen molar-refractivity contribution < 1.29 is 4.79 Å². The Bertz CT molecular complexity index is 458.